The van der Waals surface area contributed by atoms with Crippen LogP contribution in [0, 0.1) is 31.1 Å². The molecule has 1 aliphatic carbocycles. The molecule has 6 nitrogen and oxygen atoms in total. The second kappa shape index (κ2) is 7.43. The number of rotatable bonds is 3. The number of pyridine rings is 1. The predicted molar refractivity (Wildman–Crippen MR) is 108 cm³/mol. The summed E-state index contributed by atoms with van der Waals surface area (Å²) in [7, 11) is 0. The van der Waals surface area contributed by atoms with Gasteiger partial charge in [-0.05, 0) is 43.9 Å². The number of carbonyl (C=O) groups is 1. The fourth-order valence-electron chi connectivity index (χ4n) is 3.96. The van der Waals surface area contributed by atoms with Gasteiger partial charge in [0.1, 0.15) is 11.6 Å². The molecule has 4 rings (SSSR count). The molecule has 1 saturated carbocycles. The SMILES string of the molecule is Cc1cc(-n2ncc(C#N)c2NC(=O)C2CCCCC2)nc2c(C)cccc12. The van der Waals surface area contributed by atoms with Crippen LogP contribution in [0.2, 0.25) is 0 Å². The first-order chi connectivity index (χ1) is 13.6. The van der Waals surface area contributed by atoms with Gasteiger partial charge in [0, 0.05) is 11.3 Å². The summed E-state index contributed by atoms with van der Waals surface area (Å²) in [5.74, 6) is 0.960. The lowest BCUT2D eigenvalue weighted by atomic mass is 9.89. The molecule has 28 heavy (non-hydrogen) atoms. The van der Waals surface area contributed by atoms with Crippen LogP contribution in [0.4, 0.5) is 5.82 Å². The molecule has 0 atom stereocenters. The summed E-state index contributed by atoms with van der Waals surface area (Å²) >= 11 is 0. The number of benzene rings is 1. The van der Waals surface area contributed by atoms with Crippen molar-refractivity contribution in [2.24, 2.45) is 5.92 Å². The van der Waals surface area contributed by atoms with E-state index in [9.17, 15) is 10.1 Å². The first-order valence-electron chi connectivity index (χ1n) is 9.75. The topological polar surface area (TPSA) is 83.6 Å². The number of amides is 1. The van der Waals surface area contributed by atoms with Gasteiger partial charge in [-0.15, -0.1) is 0 Å². The zero-order valence-electron chi connectivity index (χ0n) is 16.2. The van der Waals surface area contributed by atoms with Crippen molar-refractivity contribution in [2.45, 2.75) is 46.0 Å². The second-order valence-electron chi connectivity index (χ2n) is 7.52. The molecule has 0 aliphatic heterocycles. The van der Waals surface area contributed by atoms with Gasteiger partial charge in [0.15, 0.2) is 11.6 Å². The molecular formula is C22H23N5O. The minimum absolute atomic E-state index is 0.00261. The molecule has 1 N–H and O–H groups in total. The second-order valence-corrected chi connectivity index (χ2v) is 7.52. The zero-order chi connectivity index (χ0) is 19.7. The number of aryl methyl sites for hydroxylation is 2. The Morgan fingerprint density at radius 2 is 2.00 bits per heavy atom. The molecule has 6 heteroatoms. The fraction of sp³-hybridized carbons (Fsp3) is 0.364. The van der Waals surface area contributed by atoms with Crippen LogP contribution in [-0.4, -0.2) is 20.7 Å². The highest BCUT2D eigenvalue weighted by atomic mass is 16.2. The molecule has 0 spiro atoms. The Labute approximate surface area is 164 Å². The van der Waals surface area contributed by atoms with E-state index in [4.69, 9.17) is 4.98 Å². The number of nitrogens with zero attached hydrogens (tertiary/aromatic N) is 4. The molecule has 1 aromatic carbocycles. The lowest BCUT2D eigenvalue weighted by molar-refractivity contribution is -0.120. The predicted octanol–water partition coefficient (Wildman–Crippen LogP) is 4.43. The van der Waals surface area contributed by atoms with Crippen molar-refractivity contribution in [1.29, 1.82) is 5.26 Å². The monoisotopic (exact) mass is 373 g/mol. The summed E-state index contributed by atoms with van der Waals surface area (Å²) in [6, 6.07) is 10.2. The summed E-state index contributed by atoms with van der Waals surface area (Å²) in [6.45, 7) is 4.05. The number of carbonyl (C=O) groups excluding carboxylic acids is 1. The van der Waals surface area contributed by atoms with Gasteiger partial charge < -0.3 is 5.32 Å². The quantitative estimate of drug-likeness (QED) is 0.736. The third kappa shape index (κ3) is 3.24. The number of anilines is 1. The molecule has 2 heterocycles. The van der Waals surface area contributed by atoms with Crippen LogP contribution in [-0.2, 0) is 4.79 Å². The molecule has 1 aliphatic rings. The average molecular weight is 373 g/mol. The summed E-state index contributed by atoms with van der Waals surface area (Å²) in [5.41, 5.74) is 3.38. The highest BCUT2D eigenvalue weighted by Gasteiger charge is 2.24. The summed E-state index contributed by atoms with van der Waals surface area (Å²) < 4.78 is 1.57. The van der Waals surface area contributed by atoms with Crippen LogP contribution >= 0.6 is 0 Å². The highest BCUT2D eigenvalue weighted by Crippen LogP contribution is 2.28. The molecule has 142 valence electrons. The number of aromatic nitrogens is 3. The van der Waals surface area contributed by atoms with E-state index in [0.717, 1.165) is 47.7 Å². The van der Waals surface area contributed by atoms with E-state index >= 15 is 0 Å². The molecule has 0 bridgehead atoms. The van der Waals surface area contributed by atoms with E-state index in [1.807, 2.05) is 38.1 Å². The van der Waals surface area contributed by atoms with Crippen LogP contribution in [0.3, 0.4) is 0 Å². The standard InChI is InChI=1S/C22H23N5O/c1-14-7-6-10-18-15(2)11-19(25-20(14)18)27-21(17(12-23)13-24-27)26-22(28)16-8-4-3-5-9-16/h6-7,10-11,13,16H,3-5,8-9H2,1-2H3,(H,26,28). The lowest BCUT2D eigenvalue weighted by Gasteiger charge is -2.21. The van der Waals surface area contributed by atoms with Crippen molar-refractivity contribution in [3.05, 3.63) is 47.2 Å². The van der Waals surface area contributed by atoms with Crippen molar-refractivity contribution in [3.63, 3.8) is 0 Å². The van der Waals surface area contributed by atoms with Gasteiger partial charge in [0.05, 0.1) is 11.7 Å². The summed E-state index contributed by atoms with van der Waals surface area (Å²) in [5, 5.41) is 17.9. The van der Waals surface area contributed by atoms with Crippen LogP contribution in [0.25, 0.3) is 16.7 Å². The molecule has 0 saturated heterocycles. The lowest BCUT2D eigenvalue weighted by Crippen LogP contribution is -2.26. The molecule has 1 fully saturated rings. The highest BCUT2D eigenvalue weighted by molar-refractivity contribution is 5.93. The molecule has 3 aromatic rings. The van der Waals surface area contributed by atoms with Crippen LogP contribution in [0.15, 0.2) is 30.5 Å². The van der Waals surface area contributed by atoms with E-state index < -0.39 is 0 Å². The average Bonchev–Trinajstić information content (AvgIpc) is 3.12. The van der Waals surface area contributed by atoms with E-state index in [0.29, 0.717) is 17.2 Å². The van der Waals surface area contributed by atoms with E-state index in [1.165, 1.54) is 12.6 Å². The Balaban J connectivity index is 1.76. The van der Waals surface area contributed by atoms with Gasteiger partial charge >= 0.3 is 0 Å². The summed E-state index contributed by atoms with van der Waals surface area (Å²) in [6.07, 6.45) is 6.61. The number of para-hydroxylation sites is 1. The minimum atomic E-state index is -0.0355. The number of hydrogen-bond donors (Lipinski definition) is 1. The molecular weight excluding hydrogens is 350 g/mol. The largest absolute Gasteiger partial charge is 0.309 e. The van der Waals surface area contributed by atoms with Gasteiger partial charge in [-0.1, -0.05) is 37.5 Å². The number of fused-ring (bicyclic) bond motifs is 1. The van der Waals surface area contributed by atoms with E-state index in [-0.39, 0.29) is 11.8 Å². The maximum Gasteiger partial charge on any atom is 0.228 e. The van der Waals surface area contributed by atoms with Crippen LogP contribution < -0.4 is 5.32 Å². The number of nitrogens with one attached hydrogen (secondary N) is 1. The van der Waals surface area contributed by atoms with Crippen LogP contribution in [0.5, 0.6) is 0 Å². The van der Waals surface area contributed by atoms with Crippen molar-refractivity contribution in [1.82, 2.24) is 14.8 Å². The third-order valence-corrected chi connectivity index (χ3v) is 5.56. The summed E-state index contributed by atoms with van der Waals surface area (Å²) in [4.78, 5) is 17.5. The smallest absolute Gasteiger partial charge is 0.228 e. The zero-order valence-corrected chi connectivity index (χ0v) is 16.2. The van der Waals surface area contributed by atoms with Gasteiger partial charge in [-0.2, -0.15) is 15.0 Å². The van der Waals surface area contributed by atoms with Gasteiger partial charge in [0.2, 0.25) is 5.91 Å². The Hall–Kier alpha value is -3.20. The molecule has 0 unspecified atom stereocenters. The maximum atomic E-state index is 12.8. The third-order valence-electron chi connectivity index (χ3n) is 5.56. The van der Waals surface area contributed by atoms with Gasteiger partial charge in [-0.25, -0.2) is 4.98 Å². The normalized spacial score (nSPS) is 14.8. The molecule has 2 aromatic heterocycles. The van der Waals surface area contributed by atoms with Gasteiger partial charge in [0.25, 0.3) is 0 Å². The number of hydrogen-bond acceptors (Lipinski definition) is 4. The maximum absolute atomic E-state index is 12.8. The Kier molecular flexibility index (Phi) is 4.82. The Morgan fingerprint density at radius 1 is 1.21 bits per heavy atom. The Bertz CT molecular complexity index is 1090. The Morgan fingerprint density at radius 3 is 2.75 bits per heavy atom. The van der Waals surface area contributed by atoms with Crippen molar-refractivity contribution < 1.29 is 4.79 Å². The van der Waals surface area contributed by atoms with Crippen molar-refractivity contribution in [3.8, 4) is 11.9 Å². The fourth-order valence-corrected chi connectivity index (χ4v) is 3.96. The minimum Gasteiger partial charge on any atom is -0.309 e. The van der Waals surface area contributed by atoms with Gasteiger partial charge in [-0.3, -0.25) is 4.79 Å². The molecule has 0 radical (unpaired) electrons. The first-order valence-corrected chi connectivity index (χ1v) is 9.75. The number of nitriles is 1. The molecule has 1 amide bonds. The van der Waals surface area contributed by atoms with Crippen molar-refractivity contribution in [2.75, 3.05) is 5.32 Å². The van der Waals surface area contributed by atoms with E-state index in [2.05, 4.69) is 16.5 Å². The van der Waals surface area contributed by atoms with Crippen LogP contribution in [0.1, 0.15) is 48.8 Å². The van der Waals surface area contributed by atoms with E-state index in [1.54, 1.807) is 4.68 Å². The first kappa shape index (κ1) is 18.2. The van der Waals surface area contributed by atoms with Crippen molar-refractivity contribution >= 4 is 22.6 Å².